The fraction of sp³-hybridized carbons (Fsp3) is 0.429. The maximum atomic E-state index is 5.90. The number of nitrogens with zero attached hydrogens (tertiary/aromatic N) is 2. The third kappa shape index (κ3) is 3.05. The number of halogens is 1. The van der Waals surface area contributed by atoms with Crippen LogP contribution in [-0.2, 0) is 0 Å². The van der Waals surface area contributed by atoms with Crippen molar-refractivity contribution in [3.63, 3.8) is 0 Å². The first-order valence-electron chi connectivity index (χ1n) is 6.90. The molecule has 0 bridgehead atoms. The highest BCUT2D eigenvalue weighted by Crippen LogP contribution is 2.30. The molecule has 1 saturated carbocycles. The first kappa shape index (κ1) is 13.7. The van der Waals surface area contributed by atoms with E-state index in [9.17, 15) is 0 Å². The Morgan fingerprint density at radius 1 is 1.25 bits per heavy atom. The van der Waals surface area contributed by atoms with Gasteiger partial charge < -0.3 is 16.4 Å². The van der Waals surface area contributed by atoms with Gasteiger partial charge >= 0.3 is 0 Å². The Hall–Kier alpha value is -1.31. The number of guanidine groups is 2. The smallest absolute Gasteiger partial charge is 0.220 e. The van der Waals surface area contributed by atoms with Crippen LogP contribution in [0.2, 0.25) is 0 Å². The molecular formula is C14H18IN5. The lowest BCUT2D eigenvalue weighted by molar-refractivity contribution is 0.274. The second-order valence-electron chi connectivity index (χ2n) is 5.28. The monoisotopic (exact) mass is 383 g/mol. The van der Waals surface area contributed by atoms with E-state index in [0.29, 0.717) is 11.9 Å². The molecular weight excluding hydrogens is 365 g/mol. The first-order chi connectivity index (χ1) is 9.65. The second kappa shape index (κ2) is 5.59. The van der Waals surface area contributed by atoms with Crippen molar-refractivity contribution in [3.8, 4) is 0 Å². The van der Waals surface area contributed by atoms with E-state index in [4.69, 9.17) is 5.73 Å². The largest absolute Gasteiger partial charge is 0.368 e. The highest BCUT2D eigenvalue weighted by atomic mass is 127. The summed E-state index contributed by atoms with van der Waals surface area (Å²) < 4.78 is 1.18. The van der Waals surface area contributed by atoms with Gasteiger partial charge in [-0.3, -0.25) is 0 Å². The van der Waals surface area contributed by atoms with Gasteiger partial charge in [0.05, 0.1) is 0 Å². The molecule has 1 spiro atoms. The van der Waals surface area contributed by atoms with Crippen LogP contribution in [0.3, 0.4) is 0 Å². The van der Waals surface area contributed by atoms with Gasteiger partial charge in [0.15, 0.2) is 0 Å². The lowest BCUT2D eigenvalue weighted by Gasteiger charge is -2.37. The molecule has 1 fully saturated rings. The van der Waals surface area contributed by atoms with Gasteiger partial charge in [0, 0.05) is 9.26 Å². The van der Waals surface area contributed by atoms with E-state index in [1.54, 1.807) is 0 Å². The minimum Gasteiger partial charge on any atom is -0.368 e. The Morgan fingerprint density at radius 2 is 2.05 bits per heavy atom. The molecule has 0 atom stereocenters. The molecule has 5 nitrogen and oxygen atoms in total. The molecule has 0 aromatic heterocycles. The van der Waals surface area contributed by atoms with Crippen molar-refractivity contribution < 1.29 is 0 Å². The van der Waals surface area contributed by atoms with Crippen molar-refractivity contribution in [3.05, 3.63) is 27.8 Å². The van der Waals surface area contributed by atoms with Crippen molar-refractivity contribution in [2.45, 2.75) is 37.8 Å². The molecule has 4 N–H and O–H groups in total. The van der Waals surface area contributed by atoms with Crippen molar-refractivity contribution in [2.75, 3.05) is 5.32 Å². The molecule has 0 unspecified atom stereocenters. The summed E-state index contributed by atoms with van der Waals surface area (Å²) in [4.78, 5) is 8.81. The van der Waals surface area contributed by atoms with Gasteiger partial charge in [0.1, 0.15) is 5.66 Å². The van der Waals surface area contributed by atoms with E-state index in [2.05, 4.69) is 55.3 Å². The number of benzene rings is 1. The van der Waals surface area contributed by atoms with Gasteiger partial charge in [0.25, 0.3) is 0 Å². The van der Waals surface area contributed by atoms with Gasteiger partial charge in [-0.25, -0.2) is 4.99 Å². The van der Waals surface area contributed by atoms with Crippen LogP contribution in [-0.4, -0.2) is 17.6 Å². The van der Waals surface area contributed by atoms with Crippen molar-refractivity contribution >= 4 is 40.2 Å². The SMILES string of the molecule is NC1=NC2(CCCCC2)NC(Nc2cccc(I)c2)=N1. The summed E-state index contributed by atoms with van der Waals surface area (Å²) in [6, 6.07) is 8.16. The second-order valence-corrected chi connectivity index (χ2v) is 6.53. The molecule has 6 heteroatoms. The minimum atomic E-state index is -0.256. The topological polar surface area (TPSA) is 74.8 Å². The van der Waals surface area contributed by atoms with Gasteiger partial charge in [-0.15, -0.1) is 0 Å². The van der Waals surface area contributed by atoms with Crippen LogP contribution < -0.4 is 16.4 Å². The molecule has 0 amide bonds. The zero-order valence-electron chi connectivity index (χ0n) is 11.2. The molecule has 2 aliphatic rings. The minimum absolute atomic E-state index is 0.256. The summed E-state index contributed by atoms with van der Waals surface area (Å²) in [5.41, 5.74) is 6.64. The molecule has 1 aliphatic carbocycles. The molecule has 1 aromatic carbocycles. The number of rotatable bonds is 1. The molecule has 3 rings (SSSR count). The summed E-state index contributed by atoms with van der Waals surface area (Å²) in [7, 11) is 0. The highest BCUT2D eigenvalue weighted by Gasteiger charge is 2.35. The molecule has 20 heavy (non-hydrogen) atoms. The number of anilines is 1. The summed E-state index contributed by atoms with van der Waals surface area (Å²) >= 11 is 2.29. The van der Waals surface area contributed by atoms with Crippen molar-refractivity contribution in [2.24, 2.45) is 15.7 Å². The molecule has 1 aromatic rings. The summed E-state index contributed by atoms with van der Waals surface area (Å²) in [5.74, 6) is 1.06. The number of nitrogens with two attached hydrogens (primary N) is 1. The van der Waals surface area contributed by atoms with Crippen LogP contribution in [0.1, 0.15) is 32.1 Å². The van der Waals surface area contributed by atoms with E-state index in [1.807, 2.05) is 12.1 Å². The van der Waals surface area contributed by atoms with Crippen molar-refractivity contribution in [1.82, 2.24) is 5.32 Å². The highest BCUT2D eigenvalue weighted by molar-refractivity contribution is 14.1. The lowest BCUT2D eigenvalue weighted by Crippen LogP contribution is -2.54. The zero-order chi connectivity index (χ0) is 14.0. The van der Waals surface area contributed by atoms with E-state index in [0.717, 1.165) is 18.5 Å². The quantitative estimate of drug-likeness (QED) is 0.653. The van der Waals surface area contributed by atoms with Crippen LogP contribution in [0, 0.1) is 3.57 Å². The Kier molecular flexibility index (Phi) is 3.82. The average molecular weight is 383 g/mol. The van der Waals surface area contributed by atoms with Crippen LogP contribution in [0.15, 0.2) is 34.3 Å². The van der Waals surface area contributed by atoms with Gasteiger partial charge in [-0.1, -0.05) is 12.5 Å². The van der Waals surface area contributed by atoms with Crippen LogP contribution in [0.25, 0.3) is 0 Å². The summed E-state index contributed by atoms with van der Waals surface area (Å²) in [5, 5.41) is 6.73. The Balaban J connectivity index is 1.78. The molecule has 0 radical (unpaired) electrons. The summed E-state index contributed by atoms with van der Waals surface area (Å²) in [6.45, 7) is 0. The van der Waals surface area contributed by atoms with Gasteiger partial charge in [-0.2, -0.15) is 4.99 Å². The predicted molar refractivity (Wildman–Crippen MR) is 90.8 cm³/mol. The normalized spacial score (nSPS) is 20.9. The number of nitrogens with one attached hydrogen (secondary N) is 2. The fourth-order valence-corrected chi connectivity index (χ4v) is 3.31. The molecule has 1 aliphatic heterocycles. The maximum Gasteiger partial charge on any atom is 0.220 e. The average Bonchev–Trinajstić information content (AvgIpc) is 2.38. The Morgan fingerprint density at radius 3 is 2.80 bits per heavy atom. The predicted octanol–water partition coefficient (Wildman–Crippen LogP) is 2.64. The first-order valence-corrected chi connectivity index (χ1v) is 7.98. The number of hydrogen-bond donors (Lipinski definition) is 3. The fourth-order valence-electron chi connectivity index (χ4n) is 2.77. The van der Waals surface area contributed by atoms with Crippen molar-refractivity contribution in [1.29, 1.82) is 0 Å². The Bertz CT molecular complexity index is 560. The molecule has 0 saturated heterocycles. The van der Waals surface area contributed by atoms with E-state index < -0.39 is 0 Å². The van der Waals surface area contributed by atoms with Crippen LogP contribution in [0.4, 0.5) is 5.69 Å². The van der Waals surface area contributed by atoms with E-state index >= 15 is 0 Å². The zero-order valence-corrected chi connectivity index (χ0v) is 13.4. The number of hydrogen-bond acceptors (Lipinski definition) is 5. The standard InChI is InChI=1S/C14H18IN5/c15-10-5-4-6-11(9-10)17-13-18-12(16)19-14(20-13)7-2-1-3-8-14/h4-6,9H,1-3,7-8H2,(H4,16,17,18,19,20). The van der Waals surface area contributed by atoms with Gasteiger partial charge in [0.2, 0.25) is 11.9 Å². The third-order valence-corrected chi connectivity index (χ3v) is 4.35. The summed E-state index contributed by atoms with van der Waals surface area (Å²) in [6.07, 6.45) is 5.66. The molecule has 1 heterocycles. The third-order valence-electron chi connectivity index (χ3n) is 3.67. The lowest BCUT2D eigenvalue weighted by atomic mass is 9.89. The van der Waals surface area contributed by atoms with Crippen LogP contribution in [0.5, 0.6) is 0 Å². The Labute approximate surface area is 132 Å². The number of aliphatic imine (C=N–C) groups is 2. The van der Waals surface area contributed by atoms with Crippen LogP contribution >= 0.6 is 22.6 Å². The maximum absolute atomic E-state index is 5.90. The molecule has 106 valence electrons. The van der Waals surface area contributed by atoms with E-state index in [1.165, 1.54) is 22.8 Å². The van der Waals surface area contributed by atoms with Gasteiger partial charge in [-0.05, 0) is 66.5 Å². The van der Waals surface area contributed by atoms with E-state index in [-0.39, 0.29) is 5.66 Å².